The molecular formula is C24H23ClFN5O2. The van der Waals surface area contributed by atoms with Crippen molar-refractivity contribution < 1.29 is 9.18 Å². The second-order valence-electron chi connectivity index (χ2n) is 8.63. The van der Waals surface area contributed by atoms with Gasteiger partial charge in [-0.15, -0.1) is 12.4 Å². The molecule has 2 aliphatic rings. The van der Waals surface area contributed by atoms with Crippen LogP contribution >= 0.6 is 12.4 Å². The summed E-state index contributed by atoms with van der Waals surface area (Å²) in [4.78, 5) is 26.5. The Labute approximate surface area is 196 Å². The number of likely N-dealkylation sites (tertiary alicyclic amines) is 1. The molecule has 0 bridgehead atoms. The molecule has 1 saturated heterocycles. The standard InChI is InChI=1S/C24H22FN5O2.ClH/c25-20-7-6-15(11-21-17-4-1-2-5-18(17)22(31)29-28-21)10-19(20)23(32)30-12-16(13-30)27-24(14-26)8-3-9-24;/h1-2,4-7,10,16,27H,3,8-9,11-13H2,(H,29,31);1H. The Kier molecular flexibility index (Phi) is 6.19. The summed E-state index contributed by atoms with van der Waals surface area (Å²) in [5.41, 5.74) is 0.680. The lowest BCUT2D eigenvalue weighted by Gasteiger charge is -2.46. The average Bonchev–Trinajstić information content (AvgIpc) is 2.75. The normalized spacial score (nSPS) is 16.9. The zero-order valence-corrected chi connectivity index (χ0v) is 18.6. The van der Waals surface area contributed by atoms with Crippen LogP contribution in [-0.4, -0.2) is 45.7 Å². The van der Waals surface area contributed by atoms with Crippen LogP contribution in [0.5, 0.6) is 0 Å². The van der Waals surface area contributed by atoms with Gasteiger partial charge in [0.05, 0.1) is 22.7 Å². The second kappa shape index (κ2) is 8.93. The Bertz CT molecular complexity index is 1310. The zero-order valence-electron chi connectivity index (χ0n) is 17.8. The van der Waals surface area contributed by atoms with Gasteiger partial charge in [0.2, 0.25) is 0 Å². The smallest absolute Gasteiger partial charge is 0.272 e. The van der Waals surface area contributed by atoms with Crippen molar-refractivity contribution >= 4 is 29.1 Å². The molecule has 33 heavy (non-hydrogen) atoms. The number of nitrogens with zero attached hydrogens (tertiary/aromatic N) is 3. The number of hydrogen-bond donors (Lipinski definition) is 2. The van der Waals surface area contributed by atoms with Gasteiger partial charge in [-0.2, -0.15) is 10.4 Å². The number of amides is 1. The van der Waals surface area contributed by atoms with Gasteiger partial charge in [-0.05, 0) is 43.0 Å². The lowest BCUT2D eigenvalue weighted by Crippen LogP contribution is -2.66. The first-order valence-corrected chi connectivity index (χ1v) is 10.7. The van der Waals surface area contributed by atoms with E-state index in [1.165, 1.54) is 6.07 Å². The van der Waals surface area contributed by atoms with Crippen LogP contribution in [0.1, 0.15) is 40.9 Å². The van der Waals surface area contributed by atoms with Crippen LogP contribution in [0.25, 0.3) is 10.8 Å². The highest BCUT2D eigenvalue weighted by atomic mass is 35.5. The summed E-state index contributed by atoms with van der Waals surface area (Å²) in [6, 6.07) is 14.1. The lowest BCUT2D eigenvalue weighted by molar-refractivity contribution is 0.0492. The quantitative estimate of drug-likeness (QED) is 0.600. The Hall–Kier alpha value is -3.28. The number of hydrogen-bond acceptors (Lipinski definition) is 5. The predicted molar refractivity (Wildman–Crippen MR) is 124 cm³/mol. The number of fused-ring (bicyclic) bond motifs is 1. The van der Waals surface area contributed by atoms with Gasteiger partial charge in [0.1, 0.15) is 11.4 Å². The van der Waals surface area contributed by atoms with E-state index in [2.05, 4.69) is 21.6 Å². The van der Waals surface area contributed by atoms with Crippen molar-refractivity contribution in [1.82, 2.24) is 20.4 Å². The van der Waals surface area contributed by atoms with E-state index in [9.17, 15) is 19.2 Å². The molecule has 3 aromatic rings. The molecule has 1 amide bonds. The van der Waals surface area contributed by atoms with Crippen molar-refractivity contribution in [3.05, 3.63) is 75.5 Å². The van der Waals surface area contributed by atoms with E-state index >= 15 is 0 Å². The molecule has 1 aromatic heterocycles. The molecule has 2 fully saturated rings. The number of nitriles is 1. The lowest BCUT2D eigenvalue weighted by atomic mass is 9.77. The number of H-pyrrole nitrogens is 1. The van der Waals surface area contributed by atoms with E-state index in [0.29, 0.717) is 30.6 Å². The van der Waals surface area contributed by atoms with Gasteiger partial charge in [-0.25, -0.2) is 9.49 Å². The van der Waals surface area contributed by atoms with Crippen LogP contribution < -0.4 is 10.9 Å². The SMILES string of the molecule is Cl.N#CC1(NC2CN(C(=O)c3cc(Cc4n[nH]c(=O)c5ccccc45)ccc3F)C2)CCC1. The molecule has 2 heterocycles. The highest BCUT2D eigenvalue weighted by molar-refractivity contribution is 5.95. The predicted octanol–water partition coefficient (Wildman–Crippen LogP) is 2.94. The molecule has 170 valence electrons. The number of halogens is 2. The molecule has 0 unspecified atom stereocenters. The molecule has 0 radical (unpaired) electrons. The first-order chi connectivity index (χ1) is 15.5. The fourth-order valence-corrected chi connectivity index (χ4v) is 4.46. The number of carbonyl (C=O) groups is 1. The molecule has 1 aliphatic carbocycles. The number of aromatic nitrogens is 2. The zero-order chi connectivity index (χ0) is 22.3. The highest BCUT2D eigenvalue weighted by Gasteiger charge is 2.42. The van der Waals surface area contributed by atoms with E-state index in [-0.39, 0.29) is 35.5 Å². The summed E-state index contributed by atoms with van der Waals surface area (Å²) < 4.78 is 14.5. The third-order valence-electron chi connectivity index (χ3n) is 6.48. The topological polar surface area (TPSA) is 102 Å². The minimum Gasteiger partial charge on any atom is -0.335 e. The van der Waals surface area contributed by atoms with Crippen LogP contribution in [0.15, 0.2) is 47.3 Å². The molecule has 0 spiro atoms. The first-order valence-electron chi connectivity index (χ1n) is 10.7. The van der Waals surface area contributed by atoms with E-state index in [1.807, 2.05) is 12.1 Å². The Balaban J connectivity index is 0.00000259. The van der Waals surface area contributed by atoms with Gasteiger partial charge >= 0.3 is 0 Å². The number of carbonyl (C=O) groups excluding carboxylic acids is 1. The third kappa shape index (κ3) is 4.22. The number of aromatic amines is 1. The number of benzene rings is 2. The summed E-state index contributed by atoms with van der Waals surface area (Å²) in [6.45, 7) is 0.913. The number of nitrogens with one attached hydrogen (secondary N) is 2. The molecule has 2 N–H and O–H groups in total. The van der Waals surface area contributed by atoms with Gasteiger partial charge in [-0.3, -0.25) is 14.9 Å². The van der Waals surface area contributed by atoms with Gasteiger partial charge in [0.15, 0.2) is 0 Å². The van der Waals surface area contributed by atoms with Crippen LogP contribution in [-0.2, 0) is 6.42 Å². The van der Waals surface area contributed by atoms with E-state index < -0.39 is 11.4 Å². The van der Waals surface area contributed by atoms with Gasteiger partial charge in [-0.1, -0.05) is 24.3 Å². The van der Waals surface area contributed by atoms with E-state index in [1.54, 1.807) is 29.2 Å². The van der Waals surface area contributed by atoms with Crippen molar-refractivity contribution in [3.63, 3.8) is 0 Å². The molecule has 7 nitrogen and oxygen atoms in total. The summed E-state index contributed by atoms with van der Waals surface area (Å²) >= 11 is 0. The molecule has 0 atom stereocenters. The Morgan fingerprint density at radius 3 is 2.64 bits per heavy atom. The van der Waals surface area contributed by atoms with E-state index in [0.717, 1.165) is 30.2 Å². The molecule has 5 rings (SSSR count). The Morgan fingerprint density at radius 2 is 1.97 bits per heavy atom. The fraction of sp³-hybridized carbons (Fsp3) is 0.333. The van der Waals surface area contributed by atoms with Gasteiger partial charge in [0, 0.05) is 30.9 Å². The largest absolute Gasteiger partial charge is 0.335 e. The number of rotatable bonds is 5. The Morgan fingerprint density at radius 1 is 1.24 bits per heavy atom. The monoisotopic (exact) mass is 467 g/mol. The van der Waals surface area contributed by atoms with Gasteiger partial charge < -0.3 is 4.90 Å². The van der Waals surface area contributed by atoms with Gasteiger partial charge in [0.25, 0.3) is 11.5 Å². The minimum atomic E-state index is -0.568. The molecule has 2 aromatic carbocycles. The van der Waals surface area contributed by atoms with Crippen molar-refractivity contribution in [2.75, 3.05) is 13.1 Å². The minimum absolute atomic E-state index is 0. The van der Waals surface area contributed by atoms with Crippen LogP contribution in [0, 0.1) is 17.1 Å². The summed E-state index contributed by atoms with van der Waals surface area (Å²) in [5.74, 6) is -0.928. The van der Waals surface area contributed by atoms with Crippen molar-refractivity contribution in [3.8, 4) is 6.07 Å². The fourth-order valence-electron chi connectivity index (χ4n) is 4.46. The summed E-state index contributed by atoms with van der Waals surface area (Å²) in [6.07, 6.45) is 3.05. The van der Waals surface area contributed by atoms with Crippen LogP contribution in [0.2, 0.25) is 0 Å². The maximum Gasteiger partial charge on any atom is 0.272 e. The maximum atomic E-state index is 14.5. The third-order valence-corrected chi connectivity index (χ3v) is 6.48. The van der Waals surface area contributed by atoms with Crippen molar-refractivity contribution in [2.45, 2.75) is 37.3 Å². The van der Waals surface area contributed by atoms with Crippen molar-refractivity contribution in [2.24, 2.45) is 0 Å². The highest BCUT2D eigenvalue weighted by Crippen LogP contribution is 2.32. The first kappa shape index (κ1) is 22.9. The average molecular weight is 468 g/mol. The molecular weight excluding hydrogens is 445 g/mol. The second-order valence-corrected chi connectivity index (χ2v) is 8.63. The van der Waals surface area contributed by atoms with Crippen LogP contribution in [0.4, 0.5) is 4.39 Å². The van der Waals surface area contributed by atoms with E-state index in [4.69, 9.17) is 0 Å². The van der Waals surface area contributed by atoms with Crippen LogP contribution in [0.3, 0.4) is 0 Å². The maximum absolute atomic E-state index is 14.5. The summed E-state index contributed by atoms with van der Waals surface area (Å²) in [7, 11) is 0. The molecule has 9 heteroatoms. The van der Waals surface area contributed by atoms with Crippen molar-refractivity contribution in [1.29, 1.82) is 5.26 Å². The molecule has 1 aliphatic heterocycles. The molecule has 1 saturated carbocycles. The summed E-state index contributed by atoms with van der Waals surface area (Å²) in [5, 5.41) is 20.6.